The predicted octanol–water partition coefficient (Wildman–Crippen LogP) is 2.41. The van der Waals surface area contributed by atoms with E-state index >= 15 is 0 Å². The number of hydrogen-bond acceptors (Lipinski definition) is 3. The summed E-state index contributed by atoms with van der Waals surface area (Å²) in [7, 11) is -3.40. The Kier molecular flexibility index (Phi) is 5.77. The van der Waals surface area contributed by atoms with E-state index in [4.69, 9.17) is 12.2 Å². The van der Waals surface area contributed by atoms with E-state index < -0.39 is 10.0 Å². The Morgan fingerprint density at radius 2 is 2.05 bits per heavy atom. The number of nitrogens with one attached hydrogen (secondary N) is 2. The molecule has 1 saturated heterocycles. The van der Waals surface area contributed by atoms with Gasteiger partial charge in [0.15, 0.2) is 5.11 Å². The zero-order valence-electron chi connectivity index (χ0n) is 13.0. The largest absolute Gasteiger partial charge is 0.349 e. The zero-order valence-corrected chi connectivity index (χ0v) is 14.6. The first-order valence-corrected chi connectivity index (χ1v) is 9.47. The van der Waals surface area contributed by atoms with Gasteiger partial charge in [0.2, 0.25) is 10.0 Å². The Hall–Kier alpha value is -1.18. The number of hydrogen-bond donors (Lipinski definition) is 2. The standard InChI is InChI=1S/C15H23N3O2S2/c1-3-16-22(19,20)14-8-6-13(7-9-14)17-15(21)18-10-4-5-12(2)11-18/h6-9,12,16H,3-5,10-11H2,1-2H3,(H,17,21)/t12-/m1/s1. The summed E-state index contributed by atoms with van der Waals surface area (Å²) in [6.45, 7) is 6.31. The molecule has 1 heterocycles. The topological polar surface area (TPSA) is 61.4 Å². The highest BCUT2D eigenvalue weighted by Gasteiger charge is 2.18. The van der Waals surface area contributed by atoms with Gasteiger partial charge in [0.05, 0.1) is 4.90 Å². The van der Waals surface area contributed by atoms with Gasteiger partial charge in [-0.05, 0) is 55.2 Å². The molecule has 1 aliphatic heterocycles. The Labute approximate surface area is 138 Å². The van der Waals surface area contributed by atoms with E-state index in [1.54, 1.807) is 31.2 Å². The Morgan fingerprint density at radius 1 is 1.36 bits per heavy atom. The second-order valence-corrected chi connectivity index (χ2v) is 7.80. The van der Waals surface area contributed by atoms with E-state index in [1.165, 1.54) is 6.42 Å². The van der Waals surface area contributed by atoms with E-state index in [1.807, 2.05) is 0 Å². The van der Waals surface area contributed by atoms with Gasteiger partial charge in [0.1, 0.15) is 0 Å². The van der Waals surface area contributed by atoms with Gasteiger partial charge in [-0.15, -0.1) is 0 Å². The van der Waals surface area contributed by atoms with Crippen molar-refractivity contribution in [1.29, 1.82) is 0 Å². The van der Waals surface area contributed by atoms with Crippen LogP contribution >= 0.6 is 12.2 Å². The fraction of sp³-hybridized carbons (Fsp3) is 0.533. The fourth-order valence-corrected chi connectivity index (χ4v) is 3.89. The monoisotopic (exact) mass is 341 g/mol. The quantitative estimate of drug-likeness (QED) is 0.824. The highest BCUT2D eigenvalue weighted by Crippen LogP contribution is 2.18. The molecule has 22 heavy (non-hydrogen) atoms. The van der Waals surface area contributed by atoms with Crippen molar-refractivity contribution in [1.82, 2.24) is 9.62 Å². The van der Waals surface area contributed by atoms with E-state index in [2.05, 4.69) is 21.9 Å². The molecule has 0 radical (unpaired) electrons. The van der Waals surface area contributed by atoms with Gasteiger partial charge in [-0.25, -0.2) is 13.1 Å². The number of thiocarbonyl (C=S) groups is 1. The second-order valence-electron chi connectivity index (χ2n) is 5.65. The third-order valence-corrected chi connectivity index (χ3v) is 5.62. The maximum absolute atomic E-state index is 11.9. The van der Waals surface area contributed by atoms with Crippen molar-refractivity contribution in [3.8, 4) is 0 Å². The summed E-state index contributed by atoms with van der Waals surface area (Å²) >= 11 is 5.44. The maximum Gasteiger partial charge on any atom is 0.240 e. The third-order valence-electron chi connectivity index (χ3n) is 3.69. The molecular weight excluding hydrogens is 318 g/mol. The van der Waals surface area contributed by atoms with Crippen LogP contribution < -0.4 is 10.0 Å². The first-order chi connectivity index (χ1) is 10.4. The van der Waals surface area contributed by atoms with Crippen LogP contribution in [0.3, 0.4) is 0 Å². The molecule has 2 rings (SSSR count). The van der Waals surface area contributed by atoms with Crippen LogP contribution in [0.4, 0.5) is 5.69 Å². The number of anilines is 1. The number of sulfonamides is 1. The fourth-order valence-electron chi connectivity index (χ4n) is 2.57. The smallest absolute Gasteiger partial charge is 0.240 e. The molecule has 0 spiro atoms. The van der Waals surface area contributed by atoms with Gasteiger partial charge in [0.25, 0.3) is 0 Å². The van der Waals surface area contributed by atoms with Crippen molar-refractivity contribution in [2.45, 2.75) is 31.6 Å². The van der Waals surface area contributed by atoms with Crippen molar-refractivity contribution < 1.29 is 8.42 Å². The first kappa shape index (κ1) is 17.2. The molecular formula is C15H23N3O2S2. The summed E-state index contributed by atoms with van der Waals surface area (Å²) < 4.78 is 26.2. The molecule has 1 aromatic rings. The summed E-state index contributed by atoms with van der Waals surface area (Å²) in [5.41, 5.74) is 0.804. The second kappa shape index (κ2) is 7.39. The van der Waals surface area contributed by atoms with E-state index in [0.717, 1.165) is 25.2 Å². The van der Waals surface area contributed by atoms with Crippen LogP contribution in [0.15, 0.2) is 29.2 Å². The average Bonchev–Trinajstić information content (AvgIpc) is 2.47. The van der Waals surface area contributed by atoms with Crippen LogP contribution in [-0.4, -0.2) is 38.1 Å². The SMILES string of the molecule is CCNS(=O)(=O)c1ccc(NC(=S)N2CCC[C@@H](C)C2)cc1. The molecule has 0 bridgehead atoms. The Bertz CT molecular complexity index is 614. The normalized spacial score (nSPS) is 19.0. The highest BCUT2D eigenvalue weighted by atomic mass is 32.2. The summed E-state index contributed by atoms with van der Waals surface area (Å²) in [5.74, 6) is 0.654. The predicted molar refractivity (Wildman–Crippen MR) is 93.5 cm³/mol. The lowest BCUT2D eigenvalue weighted by atomic mass is 10.0. The van der Waals surface area contributed by atoms with Gasteiger partial charge < -0.3 is 10.2 Å². The Morgan fingerprint density at radius 3 is 2.64 bits per heavy atom. The third kappa shape index (κ3) is 4.41. The van der Waals surface area contributed by atoms with Crippen LogP contribution in [0, 0.1) is 5.92 Å². The van der Waals surface area contributed by atoms with Crippen LogP contribution in [0.2, 0.25) is 0 Å². The zero-order chi connectivity index (χ0) is 16.2. The number of benzene rings is 1. The van der Waals surface area contributed by atoms with Gasteiger partial charge in [-0.3, -0.25) is 0 Å². The van der Waals surface area contributed by atoms with Gasteiger partial charge >= 0.3 is 0 Å². The summed E-state index contributed by atoms with van der Waals surface area (Å²) in [5, 5.41) is 3.89. The minimum Gasteiger partial charge on any atom is -0.349 e. The number of likely N-dealkylation sites (tertiary alicyclic amines) is 1. The molecule has 1 fully saturated rings. The molecule has 1 aromatic carbocycles. The van der Waals surface area contributed by atoms with Crippen LogP contribution in [0.25, 0.3) is 0 Å². The van der Waals surface area contributed by atoms with Crippen LogP contribution in [0.1, 0.15) is 26.7 Å². The number of piperidine rings is 1. The molecule has 1 atom stereocenters. The van der Waals surface area contributed by atoms with Gasteiger partial charge in [0, 0.05) is 25.3 Å². The van der Waals surface area contributed by atoms with Crippen molar-refractivity contribution in [3.63, 3.8) is 0 Å². The van der Waals surface area contributed by atoms with Crippen molar-refractivity contribution in [3.05, 3.63) is 24.3 Å². The van der Waals surface area contributed by atoms with Crippen molar-refractivity contribution in [2.75, 3.05) is 25.0 Å². The lowest BCUT2D eigenvalue weighted by Crippen LogP contribution is -2.41. The number of rotatable bonds is 4. The summed E-state index contributed by atoms with van der Waals surface area (Å²) in [6.07, 6.45) is 2.40. The van der Waals surface area contributed by atoms with E-state index in [0.29, 0.717) is 17.6 Å². The summed E-state index contributed by atoms with van der Waals surface area (Å²) in [4.78, 5) is 2.43. The van der Waals surface area contributed by atoms with Crippen LogP contribution in [-0.2, 0) is 10.0 Å². The molecule has 0 amide bonds. The molecule has 0 saturated carbocycles. The molecule has 5 nitrogen and oxygen atoms in total. The minimum absolute atomic E-state index is 0.261. The number of nitrogens with zero attached hydrogens (tertiary/aromatic N) is 1. The minimum atomic E-state index is -3.40. The van der Waals surface area contributed by atoms with E-state index in [-0.39, 0.29) is 4.90 Å². The average molecular weight is 342 g/mol. The first-order valence-electron chi connectivity index (χ1n) is 7.58. The molecule has 0 unspecified atom stereocenters. The highest BCUT2D eigenvalue weighted by molar-refractivity contribution is 7.89. The van der Waals surface area contributed by atoms with Crippen molar-refractivity contribution >= 4 is 33.0 Å². The van der Waals surface area contributed by atoms with Gasteiger partial charge in [-0.2, -0.15) is 0 Å². The summed E-state index contributed by atoms with van der Waals surface area (Å²) in [6, 6.07) is 6.65. The lowest BCUT2D eigenvalue weighted by Gasteiger charge is -2.33. The molecule has 0 aromatic heterocycles. The molecule has 0 aliphatic carbocycles. The Balaban J connectivity index is 2.00. The van der Waals surface area contributed by atoms with E-state index in [9.17, 15) is 8.42 Å². The molecule has 7 heteroatoms. The van der Waals surface area contributed by atoms with Crippen molar-refractivity contribution in [2.24, 2.45) is 5.92 Å². The molecule has 122 valence electrons. The molecule has 2 N–H and O–H groups in total. The van der Waals surface area contributed by atoms with Crippen LogP contribution in [0.5, 0.6) is 0 Å². The van der Waals surface area contributed by atoms with Gasteiger partial charge in [-0.1, -0.05) is 13.8 Å². The maximum atomic E-state index is 11.9. The lowest BCUT2D eigenvalue weighted by molar-refractivity contribution is 0.276. The molecule has 1 aliphatic rings.